The largest absolute Gasteiger partial charge is 0.494 e. The van der Waals surface area contributed by atoms with Crippen LogP contribution in [-0.2, 0) is 27.2 Å². The van der Waals surface area contributed by atoms with Crippen LogP contribution in [0.15, 0.2) is 42.5 Å². The minimum atomic E-state index is -0.960. The van der Waals surface area contributed by atoms with Gasteiger partial charge in [-0.1, -0.05) is 12.1 Å². The van der Waals surface area contributed by atoms with Gasteiger partial charge in [0.1, 0.15) is 0 Å². The van der Waals surface area contributed by atoms with Gasteiger partial charge in [0.25, 0.3) is 5.91 Å². The van der Waals surface area contributed by atoms with Gasteiger partial charge in [0.05, 0.1) is 7.11 Å². The topological polar surface area (TPSA) is 64.6 Å². The summed E-state index contributed by atoms with van der Waals surface area (Å²) in [5.41, 5.74) is 3.73. The predicted octanol–water partition coefficient (Wildman–Crippen LogP) is 3.91. The number of nitrogens with one attached hydrogen (secondary N) is 1. The van der Waals surface area contributed by atoms with E-state index in [0.29, 0.717) is 11.3 Å². The molecule has 0 radical (unpaired) electrons. The van der Waals surface area contributed by atoms with Gasteiger partial charge in [0.15, 0.2) is 17.7 Å². The molecule has 6 heteroatoms. The maximum atomic E-state index is 13.7. The molecule has 0 bridgehead atoms. The summed E-state index contributed by atoms with van der Waals surface area (Å²) in [6, 6.07) is 10.2. The van der Waals surface area contributed by atoms with Crippen molar-refractivity contribution in [2.24, 2.45) is 0 Å². The van der Waals surface area contributed by atoms with Crippen molar-refractivity contribution in [1.82, 2.24) is 0 Å². The van der Waals surface area contributed by atoms with Gasteiger partial charge in [-0.3, -0.25) is 4.79 Å². The average Bonchev–Trinajstić information content (AvgIpc) is 3.14. The summed E-state index contributed by atoms with van der Waals surface area (Å²) >= 11 is 0. The first-order valence-corrected chi connectivity index (χ1v) is 9.11. The lowest BCUT2D eigenvalue weighted by Crippen LogP contribution is -2.29. The molecule has 0 fully saturated rings. The number of hydrogen-bond acceptors (Lipinski definition) is 4. The molecule has 1 N–H and O–H groups in total. The second-order valence-corrected chi connectivity index (χ2v) is 6.63. The Labute approximate surface area is 163 Å². The van der Waals surface area contributed by atoms with Crippen molar-refractivity contribution < 1.29 is 23.5 Å². The van der Waals surface area contributed by atoms with Crippen molar-refractivity contribution in [3.8, 4) is 5.75 Å². The van der Waals surface area contributed by atoms with E-state index in [2.05, 4.69) is 5.32 Å². The molecule has 1 aliphatic rings. The number of fused-ring (bicyclic) bond motifs is 1. The Morgan fingerprint density at radius 3 is 2.68 bits per heavy atom. The molecule has 3 rings (SSSR count). The highest BCUT2D eigenvalue weighted by Crippen LogP contribution is 2.25. The maximum absolute atomic E-state index is 13.7. The third-order valence-electron chi connectivity index (χ3n) is 4.62. The molecule has 0 heterocycles. The summed E-state index contributed by atoms with van der Waals surface area (Å²) < 4.78 is 23.6. The highest BCUT2D eigenvalue weighted by atomic mass is 19.1. The van der Waals surface area contributed by atoms with Crippen LogP contribution >= 0.6 is 0 Å². The lowest BCUT2D eigenvalue weighted by atomic mass is 10.1. The van der Waals surface area contributed by atoms with Crippen LogP contribution in [0.2, 0.25) is 0 Å². The van der Waals surface area contributed by atoms with Crippen LogP contribution in [0.1, 0.15) is 30.0 Å². The molecule has 0 aromatic heterocycles. The quantitative estimate of drug-likeness (QED) is 0.607. The van der Waals surface area contributed by atoms with Crippen LogP contribution < -0.4 is 10.1 Å². The van der Waals surface area contributed by atoms with Gasteiger partial charge in [-0.2, -0.15) is 0 Å². The Bertz CT molecular complexity index is 923. The molecule has 0 unspecified atom stereocenters. The number of carbonyl (C=O) groups excluding carboxylic acids is 2. The Morgan fingerprint density at radius 2 is 1.93 bits per heavy atom. The number of aryl methyl sites for hydroxylation is 2. The second-order valence-electron chi connectivity index (χ2n) is 6.63. The van der Waals surface area contributed by atoms with Crippen LogP contribution in [0.3, 0.4) is 0 Å². The molecular formula is C22H22FNO4. The number of hydrogen-bond donors (Lipinski definition) is 1. The first-order valence-electron chi connectivity index (χ1n) is 9.11. The fourth-order valence-electron chi connectivity index (χ4n) is 3.11. The molecule has 0 aliphatic heterocycles. The van der Waals surface area contributed by atoms with E-state index in [1.54, 1.807) is 6.07 Å². The zero-order valence-corrected chi connectivity index (χ0v) is 15.8. The van der Waals surface area contributed by atoms with E-state index in [1.807, 2.05) is 18.2 Å². The number of rotatable bonds is 6. The lowest BCUT2D eigenvalue weighted by Gasteiger charge is -2.13. The van der Waals surface area contributed by atoms with Crippen LogP contribution in [-0.4, -0.2) is 25.1 Å². The molecule has 2 aromatic rings. The van der Waals surface area contributed by atoms with Crippen molar-refractivity contribution in [2.75, 3.05) is 12.4 Å². The number of anilines is 1. The third kappa shape index (κ3) is 4.76. The lowest BCUT2D eigenvalue weighted by molar-refractivity contribution is -0.148. The third-order valence-corrected chi connectivity index (χ3v) is 4.62. The first kappa shape index (κ1) is 19.6. The maximum Gasteiger partial charge on any atom is 0.331 e. The fraction of sp³-hybridized carbons (Fsp3) is 0.273. The van der Waals surface area contributed by atoms with E-state index in [-0.39, 0.29) is 5.75 Å². The molecule has 0 saturated carbocycles. The first-order chi connectivity index (χ1) is 13.5. The normalized spacial score (nSPS) is 13.8. The zero-order valence-electron chi connectivity index (χ0n) is 15.8. The number of ether oxygens (including phenoxy) is 2. The van der Waals surface area contributed by atoms with E-state index < -0.39 is 23.8 Å². The minimum Gasteiger partial charge on any atom is -0.494 e. The highest BCUT2D eigenvalue weighted by Gasteiger charge is 2.18. The summed E-state index contributed by atoms with van der Waals surface area (Å²) in [5, 5.41) is 2.77. The highest BCUT2D eigenvalue weighted by molar-refractivity contribution is 5.96. The number of esters is 1. The Hall–Kier alpha value is -3.15. The van der Waals surface area contributed by atoms with Crippen molar-refractivity contribution in [1.29, 1.82) is 0 Å². The Kier molecular flexibility index (Phi) is 6.09. The molecule has 28 heavy (non-hydrogen) atoms. The molecule has 0 saturated heterocycles. The molecule has 146 valence electrons. The minimum absolute atomic E-state index is 0.122. The molecule has 1 aliphatic carbocycles. The van der Waals surface area contributed by atoms with Gasteiger partial charge < -0.3 is 14.8 Å². The Morgan fingerprint density at radius 1 is 1.14 bits per heavy atom. The summed E-state index contributed by atoms with van der Waals surface area (Å²) in [6.45, 7) is 1.50. The van der Waals surface area contributed by atoms with Crippen LogP contribution in [0.25, 0.3) is 6.08 Å². The van der Waals surface area contributed by atoms with Gasteiger partial charge in [0.2, 0.25) is 0 Å². The standard InChI is InChI=1S/C22H22FNO4/c1-14(22(26)24-18-9-8-16-4-3-5-17(16)13-18)28-21(25)11-7-15-6-10-20(27-2)19(23)12-15/h6-14H,3-5H2,1-2H3,(H,24,26)/b11-7+/t14-/m0/s1. The van der Waals surface area contributed by atoms with Gasteiger partial charge >= 0.3 is 5.97 Å². The molecule has 2 aromatic carbocycles. The van der Waals surface area contributed by atoms with E-state index in [0.717, 1.165) is 25.3 Å². The fourth-order valence-corrected chi connectivity index (χ4v) is 3.11. The number of methoxy groups -OCH3 is 1. The monoisotopic (exact) mass is 383 g/mol. The van der Waals surface area contributed by atoms with Crippen LogP contribution in [0.5, 0.6) is 5.75 Å². The van der Waals surface area contributed by atoms with Crippen molar-refractivity contribution in [3.63, 3.8) is 0 Å². The average molecular weight is 383 g/mol. The predicted molar refractivity (Wildman–Crippen MR) is 105 cm³/mol. The van der Waals surface area contributed by atoms with Gasteiger partial charge in [-0.25, -0.2) is 9.18 Å². The van der Waals surface area contributed by atoms with Gasteiger partial charge in [-0.05, 0) is 73.2 Å². The molecule has 5 nitrogen and oxygen atoms in total. The molecular weight excluding hydrogens is 361 g/mol. The number of carbonyl (C=O) groups is 2. The molecule has 1 atom stereocenters. The number of halogens is 1. The van der Waals surface area contributed by atoms with Crippen molar-refractivity contribution in [3.05, 3.63) is 65.0 Å². The van der Waals surface area contributed by atoms with Gasteiger partial charge in [0, 0.05) is 11.8 Å². The number of benzene rings is 2. The van der Waals surface area contributed by atoms with Crippen LogP contribution in [0.4, 0.5) is 10.1 Å². The van der Waals surface area contributed by atoms with E-state index in [4.69, 9.17) is 9.47 Å². The van der Waals surface area contributed by atoms with Crippen molar-refractivity contribution >= 4 is 23.6 Å². The molecule has 1 amide bonds. The second kappa shape index (κ2) is 8.69. The summed E-state index contributed by atoms with van der Waals surface area (Å²) in [6.07, 6.45) is 4.82. The van der Waals surface area contributed by atoms with E-state index in [9.17, 15) is 14.0 Å². The summed E-state index contributed by atoms with van der Waals surface area (Å²) in [5.74, 6) is -1.50. The number of amides is 1. The summed E-state index contributed by atoms with van der Waals surface area (Å²) in [4.78, 5) is 24.2. The molecule has 0 spiro atoms. The van der Waals surface area contributed by atoms with E-state index >= 15 is 0 Å². The summed E-state index contributed by atoms with van der Waals surface area (Å²) in [7, 11) is 1.38. The van der Waals surface area contributed by atoms with Gasteiger partial charge in [-0.15, -0.1) is 0 Å². The van der Waals surface area contributed by atoms with Crippen molar-refractivity contribution in [2.45, 2.75) is 32.3 Å². The van der Waals surface area contributed by atoms with E-state index in [1.165, 1.54) is 43.4 Å². The van der Waals surface area contributed by atoms with Crippen LogP contribution in [0, 0.1) is 5.82 Å². The smallest absolute Gasteiger partial charge is 0.331 e. The zero-order chi connectivity index (χ0) is 20.1. The SMILES string of the molecule is COc1ccc(/C=C/C(=O)O[C@@H](C)C(=O)Nc2ccc3c(c2)CCC3)cc1F. The Balaban J connectivity index is 1.54.